The molecule has 1 saturated carbocycles. The molecule has 0 bridgehead atoms. The van der Waals surface area contributed by atoms with Gasteiger partial charge in [0.05, 0.1) is 5.75 Å². The first-order chi connectivity index (χ1) is 8.89. The normalized spacial score (nSPS) is 19.2. The van der Waals surface area contributed by atoms with Crippen molar-refractivity contribution in [2.75, 3.05) is 12.3 Å². The third-order valence-corrected chi connectivity index (χ3v) is 5.20. The van der Waals surface area contributed by atoms with Gasteiger partial charge in [0.2, 0.25) is 10.0 Å². The standard InChI is InChI=1S/C13H25NO4S/c1-11(7-8-13(15)16)9-14-19(17,18)10-12-5-3-2-4-6-12/h11-12,14H,2-10H2,1H3,(H,15,16). The second-order valence-electron chi connectivity index (χ2n) is 5.67. The molecule has 2 N–H and O–H groups in total. The highest BCUT2D eigenvalue weighted by molar-refractivity contribution is 7.89. The second-order valence-corrected chi connectivity index (χ2v) is 7.52. The van der Waals surface area contributed by atoms with Crippen molar-refractivity contribution in [3.05, 3.63) is 0 Å². The van der Waals surface area contributed by atoms with Crippen molar-refractivity contribution in [3.8, 4) is 0 Å². The number of hydrogen-bond acceptors (Lipinski definition) is 3. The molecule has 6 heteroatoms. The van der Waals surface area contributed by atoms with Gasteiger partial charge in [-0.15, -0.1) is 0 Å². The van der Waals surface area contributed by atoms with Crippen LogP contribution in [0.25, 0.3) is 0 Å². The first-order valence-corrected chi connectivity index (χ1v) is 8.73. The number of rotatable bonds is 8. The van der Waals surface area contributed by atoms with E-state index in [-0.39, 0.29) is 18.1 Å². The van der Waals surface area contributed by atoms with Crippen molar-refractivity contribution in [3.63, 3.8) is 0 Å². The van der Waals surface area contributed by atoms with Crippen molar-refractivity contribution in [1.82, 2.24) is 4.72 Å². The van der Waals surface area contributed by atoms with Crippen molar-refractivity contribution >= 4 is 16.0 Å². The Hall–Kier alpha value is -0.620. The van der Waals surface area contributed by atoms with E-state index in [1.54, 1.807) is 0 Å². The molecular formula is C13H25NO4S. The van der Waals surface area contributed by atoms with Gasteiger partial charge in [-0.1, -0.05) is 26.2 Å². The van der Waals surface area contributed by atoms with Crippen LogP contribution in [0.15, 0.2) is 0 Å². The van der Waals surface area contributed by atoms with E-state index in [9.17, 15) is 13.2 Å². The zero-order valence-electron chi connectivity index (χ0n) is 11.6. The number of hydrogen-bond donors (Lipinski definition) is 2. The highest BCUT2D eigenvalue weighted by Crippen LogP contribution is 2.24. The van der Waals surface area contributed by atoms with E-state index >= 15 is 0 Å². The molecule has 1 fully saturated rings. The Morgan fingerprint density at radius 1 is 1.32 bits per heavy atom. The fourth-order valence-corrected chi connectivity index (χ4v) is 4.07. The maximum atomic E-state index is 11.9. The summed E-state index contributed by atoms with van der Waals surface area (Å²) in [5.74, 6) is -0.270. The average Bonchev–Trinajstić information content (AvgIpc) is 2.34. The van der Waals surface area contributed by atoms with E-state index in [2.05, 4.69) is 4.72 Å². The number of nitrogens with one attached hydrogen (secondary N) is 1. The van der Waals surface area contributed by atoms with Crippen LogP contribution in [0.3, 0.4) is 0 Å². The van der Waals surface area contributed by atoms with Gasteiger partial charge in [-0.25, -0.2) is 13.1 Å². The van der Waals surface area contributed by atoms with Crippen LogP contribution >= 0.6 is 0 Å². The van der Waals surface area contributed by atoms with Gasteiger partial charge in [0.15, 0.2) is 0 Å². The molecule has 0 spiro atoms. The van der Waals surface area contributed by atoms with Gasteiger partial charge in [-0.05, 0) is 31.1 Å². The molecule has 0 aromatic heterocycles. The Morgan fingerprint density at radius 3 is 2.53 bits per heavy atom. The van der Waals surface area contributed by atoms with Crippen LogP contribution in [0.4, 0.5) is 0 Å². The maximum Gasteiger partial charge on any atom is 0.303 e. The summed E-state index contributed by atoms with van der Waals surface area (Å²) in [4.78, 5) is 10.4. The lowest BCUT2D eigenvalue weighted by atomic mass is 9.91. The second kappa shape index (κ2) is 7.85. The van der Waals surface area contributed by atoms with Gasteiger partial charge in [0, 0.05) is 13.0 Å². The molecule has 0 aromatic carbocycles. The molecule has 0 heterocycles. The van der Waals surface area contributed by atoms with Crippen LogP contribution in [0.5, 0.6) is 0 Å². The van der Waals surface area contributed by atoms with E-state index in [1.807, 2.05) is 6.92 Å². The third-order valence-electron chi connectivity index (χ3n) is 3.68. The number of aliphatic carboxylic acids is 1. The zero-order valence-corrected chi connectivity index (χ0v) is 12.4. The highest BCUT2D eigenvalue weighted by atomic mass is 32.2. The van der Waals surface area contributed by atoms with Crippen LogP contribution < -0.4 is 4.72 Å². The molecular weight excluding hydrogens is 266 g/mol. The van der Waals surface area contributed by atoms with Crippen LogP contribution in [-0.2, 0) is 14.8 Å². The fraction of sp³-hybridized carbons (Fsp3) is 0.923. The molecule has 0 aliphatic heterocycles. The molecule has 0 aromatic rings. The molecule has 19 heavy (non-hydrogen) atoms. The largest absolute Gasteiger partial charge is 0.481 e. The predicted octanol–water partition coefficient (Wildman–Crippen LogP) is 1.99. The third kappa shape index (κ3) is 7.52. The van der Waals surface area contributed by atoms with E-state index in [0.29, 0.717) is 18.9 Å². The monoisotopic (exact) mass is 291 g/mol. The fourth-order valence-electron chi connectivity index (χ4n) is 2.46. The average molecular weight is 291 g/mol. The van der Waals surface area contributed by atoms with E-state index < -0.39 is 16.0 Å². The molecule has 1 atom stereocenters. The smallest absolute Gasteiger partial charge is 0.303 e. The Morgan fingerprint density at radius 2 is 1.95 bits per heavy atom. The van der Waals surface area contributed by atoms with Gasteiger partial charge in [0.1, 0.15) is 0 Å². The van der Waals surface area contributed by atoms with E-state index in [0.717, 1.165) is 25.7 Å². The number of carbonyl (C=O) groups is 1. The predicted molar refractivity (Wildman–Crippen MR) is 74.4 cm³/mol. The molecule has 1 rings (SSSR count). The van der Waals surface area contributed by atoms with Crippen molar-refractivity contribution in [2.24, 2.45) is 11.8 Å². The number of carboxylic acids is 1. The minimum atomic E-state index is -3.21. The van der Waals surface area contributed by atoms with Gasteiger partial charge in [0.25, 0.3) is 0 Å². The first kappa shape index (κ1) is 16.4. The van der Waals surface area contributed by atoms with Crippen LogP contribution in [0.1, 0.15) is 51.9 Å². The molecule has 5 nitrogen and oxygen atoms in total. The maximum absolute atomic E-state index is 11.9. The lowest BCUT2D eigenvalue weighted by molar-refractivity contribution is -0.137. The van der Waals surface area contributed by atoms with Gasteiger partial charge in [-0.2, -0.15) is 0 Å². The minimum Gasteiger partial charge on any atom is -0.481 e. The van der Waals surface area contributed by atoms with E-state index in [4.69, 9.17) is 5.11 Å². The molecule has 0 amide bonds. The summed E-state index contributed by atoms with van der Waals surface area (Å²) in [5, 5.41) is 8.57. The Bertz CT molecular complexity index is 374. The minimum absolute atomic E-state index is 0.0530. The van der Waals surface area contributed by atoms with Crippen molar-refractivity contribution < 1.29 is 18.3 Å². The van der Waals surface area contributed by atoms with E-state index in [1.165, 1.54) is 6.42 Å². The SMILES string of the molecule is CC(CCC(=O)O)CNS(=O)(=O)CC1CCCCC1. The number of sulfonamides is 1. The first-order valence-electron chi connectivity index (χ1n) is 7.08. The molecule has 1 aliphatic carbocycles. The molecule has 0 saturated heterocycles. The lowest BCUT2D eigenvalue weighted by Crippen LogP contribution is -2.33. The number of carboxylic acid groups (broad SMARTS) is 1. The van der Waals surface area contributed by atoms with Crippen LogP contribution in [0, 0.1) is 11.8 Å². The zero-order chi connectivity index (χ0) is 14.3. The summed E-state index contributed by atoms with van der Waals surface area (Å²) >= 11 is 0. The summed E-state index contributed by atoms with van der Waals surface area (Å²) in [6.45, 7) is 2.20. The van der Waals surface area contributed by atoms with Crippen molar-refractivity contribution in [1.29, 1.82) is 0 Å². The Kier molecular flexibility index (Phi) is 6.79. The van der Waals surface area contributed by atoms with Crippen LogP contribution in [0.2, 0.25) is 0 Å². The summed E-state index contributed by atoms with van der Waals surface area (Å²) < 4.78 is 26.4. The Labute approximate surface area is 115 Å². The summed E-state index contributed by atoms with van der Waals surface area (Å²) in [6, 6.07) is 0. The topological polar surface area (TPSA) is 83.5 Å². The molecule has 1 unspecified atom stereocenters. The Balaban J connectivity index is 2.27. The van der Waals surface area contributed by atoms with Crippen molar-refractivity contribution in [2.45, 2.75) is 51.9 Å². The summed E-state index contributed by atoms with van der Waals surface area (Å²) in [7, 11) is -3.21. The van der Waals surface area contributed by atoms with Gasteiger partial charge >= 0.3 is 5.97 Å². The van der Waals surface area contributed by atoms with Gasteiger partial charge < -0.3 is 5.11 Å². The summed E-state index contributed by atoms with van der Waals surface area (Å²) in [5.41, 5.74) is 0. The van der Waals surface area contributed by atoms with Gasteiger partial charge in [-0.3, -0.25) is 4.79 Å². The van der Waals surface area contributed by atoms with Crippen LogP contribution in [-0.4, -0.2) is 31.8 Å². The summed E-state index contributed by atoms with van der Waals surface area (Å²) in [6.07, 6.45) is 6.10. The quantitative estimate of drug-likeness (QED) is 0.716. The highest BCUT2D eigenvalue weighted by Gasteiger charge is 2.21. The molecule has 112 valence electrons. The molecule has 0 radical (unpaired) electrons. The molecule has 1 aliphatic rings. The lowest BCUT2D eigenvalue weighted by Gasteiger charge is -2.21.